The van der Waals surface area contributed by atoms with Gasteiger partial charge in [-0.05, 0) is 38.9 Å². The Morgan fingerprint density at radius 2 is 2.19 bits per heavy atom. The Hall–Kier alpha value is -1.10. The zero-order valence-electron chi connectivity index (χ0n) is 12.9. The lowest BCUT2D eigenvalue weighted by atomic mass is 10.2. The second-order valence-corrected chi connectivity index (χ2v) is 6.40. The second kappa shape index (κ2) is 7.25. The molecule has 0 radical (unpaired) electrons. The molecule has 2 rings (SSSR count). The molecular weight excluding hydrogens is 304 g/mol. The quantitative estimate of drug-likeness (QED) is 0.825. The van der Waals surface area contributed by atoms with E-state index in [4.69, 9.17) is 21.3 Å². The maximum absolute atomic E-state index is 6.34. The normalized spacial score (nSPS) is 12.4. The van der Waals surface area contributed by atoms with E-state index in [0.29, 0.717) is 11.1 Å². The number of rotatable bonds is 6. The Morgan fingerprint density at radius 3 is 2.86 bits per heavy atom. The topological polar surface area (TPSA) is 34.1 Å². The molecule has 0 aliphatic rings. The maximum atomic E-state index is 6.34. The number of nitrogens with one attached hydrogen (secondary N) is 1. The summed E-state index contributed by atoms with van der Waals surface area (Å²) >= 11 is 8.02. The third-order valence-electron chi connectivity index (χ3n) is 3.34. The Balaban J connectivity index is 2.39. The predicted octanol–water partition coefficient (Wildman–Crippen LogP) is 4.84. The number of aryl methyl sites for hydroxylation is 1. The van der Waals surface area contributed by atoms with E-state index in [2.05, 4.69) is 19.2 Å². The van der Waals surface area contributed by atoms with Crippen molar-refractivity contribution in [3.8, 4) is 16.3 Å². The van der Waals surface area contributed by atoms with Crippen LogP contribution in [-0.4, -0.2) is 18.6 Å². The summed E-state index contributed by atoms with van der Waals surface area (Å²) in [6, 6.07) is 5.97. The molecule has 21 heavy (non-hydrogen) atoms. The fourth-order valence-electron chi connectivity index (χ4n) is 2.25. The molecule has 2 aromatic rings. The highest BCUT2D eigenvalue weighted by Crippen LogP contribution is 2.40. The number of methoxy groups -OCH3 is 1. The van der Waals surface area contributed by atoms with Gasteiger partial charge < -0.3 is 10.1 Å². The largest absolute Gasteiger partial charge is 0.496 e. The zero-order valence-corrected chi connectivity index (χ0v) is 14.4. The molecule has 0 bridgehead atoms. The summed E-state index contributed by atoms with van der Waals surface area (Å²) < 4.78 is 5.42. The Bertz CT molecular complexity index is 612. The van der Waals surface area contributed by atoms with E-state index in [0.717, 1.165) is 35.0 Å². The van der Waals surface area contributed by atoms with Crippen molar-refractivity contribution in [2.75, 3.05) is 13.7 Å². The van der Waals surface area contributed by atoms with Gasteiger partial charge in [0.25, 0.3) is 0 Å². The van der Waals surface area contributed by atoms with Gasteiger partial charge in [-0.3, -0.25) is 0 Å². The minimum atomic E-state index is 0.296. The van der Waals surface area contributed by atoms with Gasteiger partial charge in [0.05, 0.1) is 23.4 Å². The fraction of sp³-hybridized carbons (Fsp3) is 0.438. The first-order valence-electron chi connectivity index (χ1n) is 7.12. The molecule has 1 aromatic carbocycles. The second-order valence-electron chi connectivity index (χ2n) is 4.96. The molecule has 1 atom stereocenters. The van der Waals surface area contributed by atoms with Crippen LogP contribution in [-0.2, 0) is 0 Å². The molecule has 0 aliphatic carbocycles. The molecule has 1 N–H and O–H groups in total. The average molecular weight is 325 g/mol. The summed E-state index contributed by atoms with van der Waals surface area (Å²) in [5, 5.41) is 5.09. The lowest BCUT2D eigenvalue weighted by Gasteiger charge is -2.11. The van der Waals surface area contributed by atoms with Gasteiger partial charge in [0.15, 0.2) is 0 Å². The number of ether oxygens (including phenoxy) is 1. The number of halogens is 1. The minimum absolute atomic E-state index is 0.296. The van der Waals surface area contributed by atoms with Gasteiger partial charge >= 0.3 is 0 Å². The Morgan fingerprint density at radius 1 is 1.43 bits per heavy atom. The maximum Gasteiger partial charge on any atom is 0.130 e. The highest BCUT2D eigenvalue weighted by Gasteiger charge is 2.19. The summed E-state index contributed by atoms with van der Waals surface area (Å²) in [5.41, 5.74) is 1.93. The molecular formula is C16H21ClN2OS. The van der Waals surface area contributed by atoms with E-state index in [1.807, 2.05) is 25.1 Å². The zero-order chi connectivity index (χ0) is 15.4. The Labute approximate surface area is 135 Å². The fourth-order valence-corrected chi connectivity index (χ4v) is 3.72. The van der Waals surface area contributed by atoms with E-state index < -0.39 is 0 Å². The van der Waals surface area contributed by atoms with Crippen molar-refractivity contribution in [1.29, 1.82) is 0 Å². The van der Waals surface area contributed by atoms with Crippen molar-refractivity contribution in [3.63, 3.8) is 0 Å². The molecule has 114 valence electrons. The minimum Gasteiger partial charge on any atom is -0.496 e. The van der Waals surface area contributed by atoms with Gasteiger partial charge in [0, 0.05) is 10.9 Å². The van der Waals surface area contributed by atoms with E-state index in [1.54, 1.807) is 18.4 Å². The number of hydrogen-bond donors (Lipinski definition) is 1. The van der Waals surface area contributed by atoms with Crippen molar-refractivity contribution in [3.05, 3.63) is 33.8 Å². The third-order valence-corrected chi connectivity index (χ3v) is 5.01. The molecule has 0 saturated carbocycles. The molecule has 0 amide bonds. The summed E-state index contributed by atoms with van der Waals surface area (Å²) in [7, 11) is 1.65. The van der Waals surface area contributed by atoms with Gasteiger partial charge in [0.2, 0.25) is 0 Å². The molecule has 1 aromatic heterocycles. The van der Waals surface area contributed by atoms with Gasteiger partial charge in [-0.2, -0.15) is 0 Å². The SMILES string of the molecule is CCCNC(C)c1sc(-c2c(Cl)cccc2OC)nc1C. The number of nitrogens with zero attached hydrogens (tertiary/aromatic N) is 1. The summed E-state index contributed by atoms with van der Waals surface area (Å²) in [6.45, 7) is 7.38. The molecule has 0 aliphatic heterocycles. The van der Waals surface area contributed by atoms with Crippen LogP contribution in [0.1, 0.15) is 36.9 Å². The number of benzene rings is 1. The van der Waals surface area contributed by atoms with Crippen LogP contribution < -0.4 is 10.1 Å². The van der Waals surface area contributed by atoms with Crippen LogP contribution in [0, 0.1) is 6.92 Å². The van der Waals surface area contributed by atoms with Crippen molar-refractivity contribution in [1.82, 2.24) is 10.3 Å². The molecule has 0 saturated heterocycles. The van der Waals surface area contributed by atoms with E-state index >= 15 is 0 Å². The van der Waals surface area contributed by atoms with E-state index in [9.17, 15) is 0 Å². The lowest BCUT2D eigenvalue weighted by molar-refractivity contribution is 0.416. The van der Waals surface area contributed by atoms with Crippen molar-refractivity contribution in [2.45, 2.75) is 33.2 Å². The highest BCUT2D eigenvalue weighted by atomic mass is 35.5. The molecule has 1 unspecified atom stereocenters. The average Bonchev–Trinajstić information content (AvgIpc) is 2.85. The standard InChI is InChI=1S/C16H21ClN2OS/c1-5-9-18-10(2)15-11(3)19-16(21-15)14-12(17)7-6-8-13(14)20-4/h6-8,10,18H,5,9H2,1-4H3. The van der Waals surface area contributed by atoms with Crippen molar-refractivity contribution >= 4 is 22.9 Å². The molecule has 5 heteroatoms. The predicted molar refractivity (Wildman–Crippen MR) is 90.6 cm³/mol. The van der Waals surface area contributed by atoms with Gasteiger partial charge in [-0.25, -0.2) is 4.98 Å². The van der Waals surface area contributed by atoms with Crippen LogP contribution in [0.3, 0.4) is 0 Å². The van der Waals surface area contributed by atoms with Crippen molar-refractivity contribution in [2.24, 2.45) is 0 Å². The van der Waals surface area contributed by atoms with Crippen LogP contribution in [0.4, 0.5) is 0 Å². The van der Waals surface area contributed by atoms with Crippen LogP contribution in [0.5, 0.6) is 5.75 Å². The number of thiazole rings is 1. The monoisotopic (exact) mass is 324 g/mol. The van der Waals surface area contributed by atoms with Crippen LogP contribution in [0.15, 0.2) is 18.2 Å². The highest BCUT2D eigenvalue weighted by molar-refractivity contribution is 7.15. The first-order valence-corrected chi connectivity index (χ1v) is 8.31. The molecule has 0 spiro atoms. The molecule has 3 nitrogen and oxygen atoms in total. The van der Waals surface area contributed by atoms with Gasteiger partial charge in [-0.15, -0.1) is 11.3 Å². The number of aromatic nitrogens is 1. The lowest BCUT2D eigenvalue weighted by Crippen LogP contribution is -2.18. The summed E-state index contributed by atoms with van der Waals surface area (Å²) in [6.07, 6.45) is 1.12. The third kappa shape index (κ3) is 3.57. The van der Waals surface area contributed by atoms with Crippen LogP contribution >= 0.6 is 22.9 Å². The first-order chi connectivity index (χ1) is 10.1. The van der Waals surface area contributed by atoms with E-state index in [1.165, 1.54) is 4.88 Å². The summed E-state index contributed by atoms with van der Waals surface area (Å²) in [5.74, 6) is 0.761. The van der Waals surface area contributed by atoms with Crippen molar-refractivity contribution < 1.29 is 4.74 Å². The first kappa shape index (κ1) is 16.3. The smallest absolute Gasteiger partial charge is 0.130 e. The van der Waals surface area contributed by atoms with Crippen LogP contribution in [0.2, 0.25) is 5.02 Å². The number of hydrogen-bond acceptors (Lipinski definition) is 4. The van der Waals surface area contributed by atoms with E-state index in [-0.39, 0.29) is 0 Å². The van der Waals surface area contributed by atoms with Gasteiger partial charge in [0.1, 0.15) is 10.8 Å². The Kier molecular flexibility index (Phi) is 5.62. The molecule has 0 fully saturated rings. The summed E-state index contributed by atoms with van der Waals surface area (Å²) in [4.78, 5) is 5.94. The molecule has 1 heterocycles. The van der Waals surface area contributed by atoms with Gasteiger partial charge in [-0.1, -0.05) is 24.6 Å². The van der Waals surface area contributed by atoms with Crippen LogP contribution in [0.25, 0.3) is 10.6 Å².